The molecular formula is C18H22FNO5. The van der Waals surface area contributed by atoms with E-state index in [0.717, 1.165) is 5.56 Å². The summed E-state index contributed by atoms with van der Waals surface area (Å²) in [5, 5.41) is 0. The van der Waals surface area contributed by atoms with Crippen molar-refractivity contribution < 1.29 is 28.2 Å². The maximum atomic E-state index is 13.2. The molecule has 0 unspecified atom stereocenters. The topological polar surface area (TPSA) is 72.9 Å². The maximum Gasteiger partial charge on any atom is 0.409 e. The zero-order valence-corrected chi connectivity index (χ0v) is 14.4. The molecule has 1 heterocycles. The number of rotatable bonds is 5. The zero-order valence-electron chi connectivity index (χ0n) is 14.4. The van der Waals surface area contributed by atoms with E-state index in [1.165, 1.54) is 24.1 Å². The summed E-state index contributed by atoms with van der Waals surface area (Å²) in [5.74, 6) is -1.48. The summed E-state index contributed by atoms with van der Waals surface area (Å²) in [6.07, 6.45) is 0.0438. The molecule has 1 fully saturated rings. The van der Waals surface area contributed by atoms with E-state index in [0.29, 0.717) is 19.4 Å². The van der Waals surface area contributed by atoms with Gasteiger partial charge in [0.25, 0.3) is 0 Å². The number of nitrogens with zero attached hydrogens (tertiary/aromatic N) is 1. The molecule has 7 heteroatoms. The van der Waals surface area contributed by atoms with Crippen LogP contribution in [-0.2, 0) is 19.1 Å². The molecule has 1 amide bonds. The van der Waals surface area contributed by atoms with Gasteiger partial charge in [-0.3, -0.25) is 9.59 Å². The van der Waals surface area contributed by atoms with Crippen molar-refractivity contribution in [1.29, 1.82) is 0 Å². The van der Waals surface area contributed by atoms with Crippen molar-refractivity contribution in [3.05, 3.63) is 35.6 Å². The van der Waals surface area contributed by atoms with Crippen molar-refractivity contribution in [3.63, 3.8) is 0 Å². The number of halogens is 1. The number of benzene rings is 1. The number of methoxy groups -OCH3 is 1. The number of ketones is 1. The molecule has 25 heavy (non-hydrogen) atoms. The summed E-state index contributed by atoms with van der Waals surface area (Å²) < 4.78 is 22.8. The lowest BCUT2D eigenvalue weighted by atomic mass is 9.84. The quantitative estimate of drug-likeness (QED) is 0.602. The van der Waals surface area contributed by atoms with Crippen LogP contribution in [0.4, 0.5) is 9.18 Å². The SMILES string of the molecule is CCOC(=O)CC(=O)[C@@H]1CCN(C(=O)OC)[C@H](c2ccc(F)cc2)C1. The summed E-state index contributed by atoms with van der Waals surface area (Å²) in [6, 6.07) is 5.41. The highest BCUT2D eigenvalue weighted by Crippen LogP contribution is 2.35. The number of esters is 1. The van der Waals surface area contributed by atoms with E-state index in [1.54, 1.807) is 19.1 Å². The summed E-state index contributed by atoms with van der Waals surface area (Å²) >= 11 is 0. The fourth-order valence-electron chi connectivity index (χ4n) is 3.09. The number of piperidine rings is 1. The van der Waals surface area contributed by atoms with Crippen molar-refractivity contribution in [2.45, 2.75) is 32.2 Å². The minimum atomic E-state index is -0.541. The van der Waals surface area contributed by atoms with Gasteiger partial charge in [0.2, 0.25) is 0 Å². The van der Waals surface area contributed by atoms with Crippen molar-refractivity contribution in [2.75, 3.05) is 20.3 Å². The minimum Gasteiger partial charge on any atom is -0.466 e. The second-order valence-corrected chi connectivity index (χ2v) is 5.90. The van der Waals surface area contributed by atoms with Gasteiger partial charge < -0.3 is 14.4 Å². The zero-order chi connectivity index (χ0) is 18.4. The molecule has 2 atom stereocenters. The molecule has 1 aromatic carbocycles. The molecule has 0 aromatic heterocycles. The number of amides is 1. The van der Waals surface area contributed by atoms with Crippen LogP contribution < -0.4 is 0 Å². The molecule has 1 aromatic rings. The van der Waals surface area contributed by atoms with Crippen LogP contribution in [0.3, 0.4) is 0 Å². The monoisotopic (exact) mass is 351 g/mol. The Labute approximate surface area is 145 Å². The van der Waals surface area contributed by atoms with Gasteiger partial charge in [0.1, 0.15) is 18.0 Å². The highest BCUT2D eigenvalue weighted by atomic mass is 19.1. The van der Waals surface area contributed by atoms with Crippen LogP contribution in [0.25, 0.3) is 0 Å². The smallest absolute Gasteiger partial charge is 0.409 e. The van der Waals surface area contributed by atoms with Crippen LogP contribution in [0.2, 0.25) is 0 Å². The van der Waals surface area contributed by atoms with E-state index in [-0.39, 0.29) is 30.5 Å². The molecule has 6 nitrogen and oxygen atoms in total. The van der Waals surface area contributed by atoms with Gasteiger partial charge in [0.15, 0.2) is 0 Å². The largest absolute Gasteiger partial charge is 0.466 e. The normalized spacial score (nSPS) is 20.0. The Hall–Kier alpha value is -2.44. The summed E-state index contributed by atoms with van der Waals surface area (Å²) in [5.41, 5.74) is 0.723. The van der Waals surface area contributed by atoms with Crippen LogP contribution in [-0.4, -0.2) is 43.0 Å². The molecule has 1 aliphatic heterocycles. The fourth-order valence-corrected chi connectivity index (χ4v) is 3.09. The second kappa shape index (κ2) is 8.60. The van der Waals surface area contributed by atoms with Gasteiger partial charge in [-0.1, -0.05) is 12.1 Å². The number of likely N-dealkylation sites (tertiary alicyclic amines) is 1. The van der Waals surface area contributed by atoms with Gasteiger partial charge in [0.05, 0.1) is 19.8 Å². The van der Waals surface area contributed by atoms with E-state index in [2.05, 4.69) is 0 Å². The lowest BCUT2D eigenvalue weighted by Gasteiger charge is -2.38. The highest BCUT2D eigenvalue weighted by Gasteiger charge is 2.36. The molecule has 1 saturated heterocycles. The maximum absolute atomic E-state index is 13.2. The molecule has 0 aliphatic carbocycles. The number of carbonyl (C=O) groups is 3. The summed E-state index contributed by atoms with van der Waals surface area (Å²) in [7, 11) is 1.29. The van der Waals surface area contributed by atoms with E-state index in [1.807, 2.05) is 0 Å². The Balaban J connectivity index is 2.15. The van der Waals surface area contributed by atoms with Crippen LogP contribution in [0, 0.1) is 11.7 Å². The van der Waals surface area contributed by atoms with E-state index >= 15 is 0 Å². The molecule has 1 aliphatic rings. The Bertz CT molecular complexity index is 631. The number of hydrogen-bond donors (Lipinski definition) is 0. The number of Topliss-reactive ketones (excluding diaryl/α,β-unsaturated/α-hetero) is 1. The average Bonchev–Trinajstić information content (AvgIpc) is 2.61. The van der Waals surface area contributed by atoms with Gasteiger partial charge in [-0.2, -0.15) is 0 Å². The summed E-state index contributed by atoms with van der Waals surface area (Å²) in [6.45, 7) is 2.24. The van der Waals surface area contributed by atoms with Gasteiger partial charge in [0, 0.05) is 12.5 Å². The first-order valence-electron chi connectivity index (χ1n) is 8.24. The lowest BCUT2D eigenvalue weighted by Crippen LogP contribution is -2.42. The fraction of sp³-hybridized carbons (Fsp3) is 0.500. The first-order chi connectivity index (χ1) is 12.0. The van der Waals surface area contributed by atoms with Crippen molar-refractivity contribution in [2.24, 2.45) is 5.92 Å². The molecule has 0 spiro atoms. The number of carbonyl (C=O) groups excluding carboxylic acids is 3. The van der Waals surface area contributed by atoms with Crippen LogP contribution in [0.5, 0.6) is 0 Å². The molecule has 0 N–H and O–H groups in total. The third-order valence-corrected chi connectivity index (χ3v) is 4.35. The van der Waals surface area contributed by atoms with E-state index < -0.39 is 18.1 Å². The molecule has 0 radical (unpaired) electrons. The van der Waals surface area contributed by atoms with Crippen molar-refractivity contribution >= 4 is 17.8 Å². The number of ether oxygens (including phenoxy) is 2. The third-order valence-electron chi connectivity index (χ3n) is 4.35. The van der Waals surface area contributed by atoms with Crippen LogP contribution in [0.1, 0.15) is 37.8 Å². The Morgan fingerprint density at radius 3 is 2.52 bits per heavy atom. The third kappa shape index (κ3) is 4.78. The van der Waals surface area contributed by atoms with Gasteiger partial charge in [-0.15, -0.1) is 0 Å². The first-order valence-corrected chi connectivity index (χ1v) is 8.24. The Morgan fingerprint density at radius 2 is 1.92 bits per heavy atom. The number of hydrogen-bond acceptors (Lipinski definition) is 5. The second-order valence-electron chi connectivity index (χ2n) is 5.90. The molecule has 136 valence electrons. The van der Waals surface area contributed by atoms with Crippen molar-refractivity contribution in [3.8, 4) is 0 Å². The molecular weight excluding hydrogens is 329 g/mol. The lowest BCUT2D eigenvalue weighted by molar-refractivity contribution is -0.146. The van der Waals surface area contributed by atoms with Crippen molar-refractivity contribution in [1.82, 2.24) is 4.90 Å². The van der Waals surface area contributed by atoms with E-state index in [4.69, 9.17) is 9.47 Å². The van der Waals surface area contributed by atoms with Gasteiger partial charge >= 0.3 is 12.1 Å². The minimum absolute atomic E-state index is 0.199. The molecule has 0 saturated carbocycles. The average molecular weight is 351 g/mol. The predicted molar refractivity (Wildman–Crippen MR) is 87.2 cm³/mol. The highest BCUT2D eigenvalue weighted by molar-refractivity contribution is 5.96. The Morgan fingerprint density at radius 1 is 1.24 bits per heavy atom. The summed E-state index contributed by atoms with van der Waals surface area (Å²) in [4.78, 5) is 37.5. The van der Waals surface area contributed by atoms with Gasteiger partial charge in [-0.05, 0) is 37.5 Å². The van der Waals surface area contributed by atoms with Gasteiger partial charge in [-0.25, -0.2) is 9.18 Å². The van der Waals surface area contributed by atoms with Crippen LogP contribution in [0.15, 0.2) is 24.3 Å². The first kappa shape index (κ1) is 18.9. The standard InChI is InChI=1S/C18H22FNO5/c1-3-25-17(22)11-16(21)13-8-9-20(18(23)24-2)15(10-13)12-4-6-14(19)7-5-12/h4-7,13,15H,3,8-11H2,1-2H3/t13-,15+/m1/s1. The molecule has 2 rings (SSSR count). The Kier molecular flexibility index (Phi) is 6.50. The van der Waals surface area contributed by atoms with Crippen LogP contribution >= 0.6 is 0 Å². The van der Waals surface area contributed by atoms with E-state index in [9.17, 15) is 18.8 Å². The predicted octanol–water partition coefficient (Wildman–Crippen LogP) is 2.87. The molecule has 0 bridgehead atoms.